The summed E-state index contributed by atoms with van der Waals surface area (Å²) in [6, 6.07) is 9.07. The van der Waals surface area contributed by atoms with Crippen LogP contribution in [0.2, 0.25) is 0 Å². The van der Waals surface area contributed by atoms with E-state index in [1.165, 1.54) is 16.7 Å². The normalized spacial score (nSPS) is 10.9. The zero-order valence-corrected chi connectivity index (χ0v) is 12.5. The fraction of sp³-hybridized carbons (Fsp3) is 0.529. The largest absolute Gasteiger partial charge is 0.376 e. The molecule has 0 radical (unpaired) electrons. The van der Waals surface area contributed by atoms with Crippen molar-refractivity contribution in [1.82, 2.24) is 5.32 Å². The Bertz CT molecular complexity index is 385. The van der Waals surface area contributed by atoms with Crippen LogP contribution in [0.1, 0.15) is 38.3 Å². The first kappa shape index (κ1) is 15.9. The lowest BCUT2D eigenvalue weighted by Crippen LogP contribution is -2.25. The van der Waals surface area contributed by atoms with Gasteiger partial charge in [-0.2, -0.15) is 0 Å². The fourth-order valence-corrected chi connectivity index (χ4v) is 1.87. The van der Waals surface area contributed by atoms with Crippen LogP contribution in [0.4, 0.5) is 0 Å². The summed E-state index contributed by atoms with van der Waals surface area (Å²) in [5, 5.41) is 3.45. The Labute approximate surface area is 117 Å². The highest BCUT2D eigenvalue weighted by Crippen LogP contribution is 2.11. The van der Waals surface area contributed by atoms with Crippen molar-refractivity contribution in [3.63, 3.8) is 0 Å². The second-order valence-corrected chi connectivity index (χ2v) is 5.39. The van der Waals surface area contributed by atoms with E-state index in [0.29, 0.717) is 12.6 Å². The van der Waals surface area contributed by atoms with Gasteiger partial charge in [0.25, 0.3) is 0 Å². The van der Waals surface area contributed by atoms with Crippen molar-refractivity contribution in [2.75, 3.05) is 13.2 Å². The molecule has 0 saturated carbocycles. The van der Waals surface area contributed by atoms with E-state index in [1.54, 1.807) is 0 Å². The molecule has 1 N–H and O–H groups in total. The maximum absolute atomic E-state index is 5.72. The summed E-state index contributed by atoms with van der Waals surface area (Å²) in [6.07, 6.45) is 2.00. The molecule has 0 unspecified atom stereocenters. The average molecular weight is 261 g/mol. The van der Waals surface area contributed by atoms with Gasteiger partial charge in [-0.3, -0.25) is 0 Å². The van der Waals surface area contributed by atoms with Crippen molar-refractivity contribution < 1.29 is 4.74 Å². The topological polar surface area (TPSA) is 21.3 Å². The number of hydrogen-bond acceptors (Lipinski definition) is 2. The third-order valence-electron chi connectivity index (χ3n) is 3.00. The van der Waals surface area contributed by atoms with E-state index in [-0.39, 0.29) is 0 Å². The number of ether oxygens (including phenoxy) is 1. The first-order valence-electron chi connectivity index (χ1n) is 7.12. The molecule has 0 amide bonds. The van der Waals surface area contributed by atoms with Crippen LogP contribution in [-0.4, -0.2) is 19.2 Å². The molecule has 106 valence electrons. The molecule has 1 rings (SSSR count). The molecule has 0 bridgehead atoms. The molecule has 1 aromatic rings. The lowest BCUT2D eigenvalue weighted by Gasteiger charge is -2.12. The van der Waals surface area contributed by atoms with E-state index in [2.05, 4.69) is 50.0 Å². The summed E-state index contributed by atoms with van der Waals surface area (Å²) < 4.78 is 5.72. The van der Waals surface area contributed by atoms with Crippen LogP contribution >= 0.6 is 0 Å². The van der Waals surface area contributed by atoms with Crippen molar-refractivity contribution in [1.29, 1.82) is 0 Å². The Morgan fingerprint density at radius 3 is 2.58 bits per heavy atom. The third kappa shape index (κ3) is 7.14. The van der Waals surface area contributed by atoms with Crippen LogP contribution < -0.4 is 5.32 Å². The first-order chi connectivity index (χ1) is 9.09. The van der Waals surface area contributed by atoms with Gasteiger partial charge in [0, 0.05) is 6.04 Å². The summed E-state index contributed by atoms with van der Waals surface area (Å²) in [6.45, 7) is 12.7. The zero-order valence-electron chi connectivity index (χ0n) is 12.5. The molecule has 0 atom stereocenters. The lowest BCUT2D eigenvalue weighted by molar-refractivity contribution is 0.123. The van der Waals surface area contributed by atoms with Gasteiger partial charge < -0.3 is 10.1 Å². The quantitative estimate of drug-likeness (QED) is 0.540. The Kier molecular flexibility index (Phi) is 7.46. The summed E-state index contributed by atoms with van der Waals surface area (Å²) in [5.74, 6) is 0. The fourth-order valence-electron chi connectivity index (χ4n) is 1.87. The second kappa shape index (κ2) is 8.89. The van der Waals surface area contributed by atoms with Crippen LogP contribution in [-0.2, 0) is 17.8 Å². The minimum atomic E-state index is 0.541. The molecular formula is C17H27NO. The molecule has 0 aromatic heterocycles. The van der Waals surface area contributed by atoms with E-state index >= 15 is 0 Å². The minimum Gasteiger partial charge on any atom is -0.376 e. The van der Waals surface area contributed by atoms with Crippen LogP contribution in [0.3, 0.4) is 0 Å². The highest BCUT2D eigenvalue weighted by Gasteiger charge is 2.02. The summed E-state index contributed by atoms with van der Waals surface area (Å²) in [4.78, 5) is 0. The van der Waals surface area contributed by atoms with Crippen molar-refractivity contribution in [3.05, 3.63) is 47.5 Å². The van der Waals surface area contributed by atoms with Crippen LogP contribution in [0.25, 0.3) is 0 Å². The highest BCUT2D eigenvalue weighted by atomic mass is 16.5. The summed E-state index contributed by atoms with van der Waals surface area (Å²) >= 11 is 0. The second-order valence-electron chi connectivity index (χ2n) is 5.39. The van der Waals surface area contributed by atoms with E-state index in [1.807, 2.05) is 6.92 Å². The van der Waals surface area contributed by atoms with E-state index in [9.17, 15) is 0 Å². The van der Waals surface area contributed by atoms with Gasteiger partial charge in [0.2, 0.25) is 0 Å². The predicted octanol–water partition coefficient (Wildman–Crippen LogP) is 3.71. The number of benzene rings is 1. The van der Waals surface area contributed by atoms with E-state index < -0.39 is 0 Å². The number of nitrogens with one attached hydrogen (secondary N) is 1. The maximum Gasteiger partial charge on any atom is 0.0719 e. The number of rotatable bonds is 9. The van der Waals surface area contributed by atoms with Gasteiger partial charge in [0.15, 0.2) is 0 Å². The molecule has 0 saturated heterocycles. The van der Waals surface area contributed by atoms with Gasteiger partial charge in [0.05, 0.1) is 13.2 Å². The van der Waals surface area contributed by atoms with Crippen molar-refractivity contribution in [2.45, 2.75) is 46.3 Å². The molecule has 0 spiro atoms. The van der Waals surface area contributed by atoms with Gasteiger partial charge in [-0.1, -0.05) is 43.7 Å². The van der Waals surface area contributed by atoms with Crippen LogP contribution in [0.15, 0.2) is 36.4 Å². The highest BCUT2D eigenvalue weighted by molar-refractivity contribution is 5.26. The monoisotopic (exact) mass is 261 g/mol. The van der Waals surface area contributed by atoms with Crippen molar-refractivity contribution >= 4 is 0 Å². The molecule has 0 aliphatic rings. The predicted molar refractivity (Wildman–Crippen MR) is 82.4 cm³/mol. The first-order valence-corrected chi connectivity index (χ1v) is 7.12. The Morgan fingerprint density at radius 1 is 1.26 bits per heavy atom. The van der Waals surface area contributed by atoms with Crippen LogP contribution in [0.5, 0.6) is 0 Å². The van der Waals surface area contributed by atoms with Gasteiger partial charge in [-0.15, -0.1) is 6.58 Å². The standard InChI is InChI=1S/C17H27NO/c1-14(2)10-12-19-13-17-8-6-5-7-16(17)9-11-18-15(3)4/h5-8,15,18H,1,9-13H2,2-4H3. The van der Waals surface area contributed by atoms with Gasteiger partial charge >= 0.3 is 0 Å². The summed E-state index contributed by atoms with van der Waals surface area (Å²) in [5.41, 5.74) is 3.86. The third-order valence-corrected chi connectivity index (χ3v) is 3.00. The molecule has 1 aromatic carbocycles. The summed E-state index contributed by atoms with van der Waals surface area (Å²) in [7, 11) is 0. The Hall–Kier alpha value is -1.12. The molecule has 2 heteroatoms. The molecule has 19 heavy (non-hydrogen) atoms. The van der Waals surface area contributed by atoms with Crippen LogP contribution in [0, 0.1) is 0 Å². The molecule has 0 fully saturated rings. The minimum absolute atomic E-state index is 0.541. The maximum atomic E-state index is 5.72. The van der Waals surface area contributed by atoms with Gasteiger partial charge in [-0.05, 0) is 37.4 Å². The molecular weight excluding hydrogens is 234 g/mol. The number of hydrogen-bond donors (Lipinski definition) is 1. The Morgan fingerprint density at radius 2 is 1.95 bits per heavy atom. The SMILES string of the molecule is C=C(C)CCOCc1ccccc1CCNC(C)C. The molecule has 0 aliphatic heterocycles. The molecule has 0 heterocycles. The van der Waals surface area contributed by atoms with E-state index in [4.69, 9.17) is 4.74 Å². The zero-order chi connectivity index (χ0) is 14.1. The molecule has 0 aliphatic carbocycles. The van der Waals surface area contributed by atoms with Crippen molar-refractivity contribution in [3.8, 4) is 0 Å². The smallest absolute Gasteiger partial charge is 0.0719 e. The lowest BCUT2D eigenvalue weighted by atomic mass is 10.1. The van der Waals surface area contributed by atoms with Gasteiger partial charge in [-0.25, -0.2) is 0 Å². The van der Waals surface area contributed by atoms with Crippen molar-refractivity contribution in [2.24, 2.45) is 0 Å². The average Bonchev–Trinajstić information content (AvgIpc) is 2.35. The van der Waals surface area contributed by atoms with E-state index in [0.717, 1.165) is 26.0 Å². The Balaban J connectivity index is 2.41. The molecule has 2 nitrogen and oxygen atoms in total. The van der Waals surface area contributed by atoms with Gasteiger partial charge in [0.1, 0.15) is 0 Å².